The first-order valence-electron chi connectivity index (χ1n) is 10.8. The van der Waals surface area contributed by atoms with Crippen LogP contribution in [-0.2, 0) is 4.74 Å². The minimum atomic E-state index is -0.495. The van der Waals surface area contributed by atoms with E-state index in [-0.39, 0.29) is 11.9 Å². The fourth-order valence-electron chi connectivity index (χ4n) is 4.04. The number of rotatable bonds is 3. The molecule has 0 bridgehead atoms. The van der Waals surface area contributed by atoms with Crippen molar-refractivity contribution in [2.24, 2.45) is 0 Å². The Kier molecular flexibility index (Phi) is 6.38. The minimum absolute atomic E-state index is 0.253. The second-order valence-electron chi connectivity index (χ2n) is 9.13. The molecule has 1 aromatic carbocycles. The molecule has 1 saturated heterocycles. The van der Waals surface area contributed by atoms with E-state index < -0.39 is 5.60 Å². The molecule has 0 radical (unpaired) electrons. The first-order valence-corrected chi connectivity index (χ1v) is 11.6. The topological polar surface area (TPSA) is 58.2 Å². The lowest BCUT2D eigenvalue weighted by molar-refractivity contribution is 0.0204. The molecule has 1 aliphatic heterocycles. The molecule has 3 heterocycles. The van der Waals surface area contributed by atoms with Crippen molar-refractivity contribution in [2.45, 2.75) is 45.1 Å². The Balaban J connectivity index is 1.60. The highest BCUT2D eigenvalue weighted by Crippen LogP contribution is 2.38. The van der Waals surface area contributed by atoms with Crippen molar-refractivity contribution in [1.29, 1.82) is 0 Å². The fraction of sp³-hybridized carbons (Fsp3) is 0.360. The fourth-order valence-corrected chi connectivity index (χ4v) is 4.40. The number of nitrogens with one attached hydrogen (secondary N) is 1. The van der Waals surface area contributed by atoms with Crippen molar-refractivity contribution in [3.05, 3.63) is 64.8 Å². The van der Waals surface area contributed by atoms with Crippen LogP contribution in [0.15, 0.2) is 53.3 Å². The standard InChI is InChI=1S/C25H27BrFN3O2/c1-25(2,3)32-24(31)30-12-9-16(10-13-30)21-15-20(18-8-11-28-22(26)14-18)23(29-21)17-4-6-19(27)7-5-17/h4-8,11,14-16,29H,9-10,12-13H2,1-3H3. The Labute approximate surface area is 196 Å². The van der Waals surface area contributed by atoms with Gasteiger partial charge in [0.1, 0.15) is 16.0 Å². The Hall–Kier alpha value is -2.67. The summed E-state index contributed by atoms with van der Waals surface area (Å²) in [6.45, 7) is 6.95. The molecule has 3 aromatic rings. The van der Waals surface area contributed by atoms with E-state index in [0.29, 0.717) is 19.0 Å². The number of likely N-dealkylation sites (tertiary alicyclic amines) is 1. The number of pyridine rings is 1. The number of halogens is 2. The van der Waals surface area contributed by atoms with Crippen LogP contribution >= 0.6 is 15.9 Å². The molecular weight excluding hydrogens is 473 g/mol. The number of hydrogen-bond acceptors (Lipinski definition) is 3. The Morgan fingerprint density at radius 1 is 1.12 bits per heavy atom. The highest BCUT2D eigenvalue weighted by atomic mass is 79.9. The Morgan fingerprint density at radius 2 is 1.81 bits per heavy atom. The molecule has 1 N–H and O–H groups in total. The predicted molar refractivity (Wildman–Crippen MR) is 127 cm³/mol. The Morgan fingerprint density at radius 3 is 2.44 bits per heavy atom. The molecule has 0 spiro atoms. The quantitative estimate of drug-likeness (QED) is 0.405. The number of H-pyrrole nitrogens is 1. The normalized spacial score (nSPS) is 15.1. The summed E-state index contributed by atoms with van der Waals surface area (Å²) in [6, 6.07) is 12.6. The van der Waals surface area contributed by atoms with Crippen molar-refractivity contribution in [3.63, 3.8) is 0 Å². The molecule has 1 fully saturated rings. The van der Waals surface area contributed by atoms with Crippen LogP contribution in [0.5, 0.6) is 0 Å². The van der Waals surface area contributed by atoms with Gasteiger partial charge in [-0.05, 0) is 103 Å². The molecule has 7 heteroatoms. The number of piperidine rings is 1. The van der Waals surface area contributed by atoms with E-state index in [2.05, 4.69) is 32.0 Å². The second kappa shape index (κ2) is 9.06. The van der Waals surface area contributed by atoms with E-state index in [0.717, 1.165) is 45.5 Å². The zero-order valence-electron chi connectivity index (χ0n) is 18.5. The Bertz CT molecular complexity index is 1100. The summed E-state index contributed by atoms with van der Waals surface area (Å²) in [5, 5.41) is 0. The zero-order chi connectivity index (χ0) is 22.9. The molecule has 0 unspecified atom stereocenters. The summed E-state index contributed by atoms with van der Waals surface area (Å²) in [5.41, 5.74) is 4.57. The van der Waals surface area contributed by atoms with Crippen molar-refractivity contribution >= 4 is 22.0 Å². The first-order chi connectivity index (χ1) is 15.2. The maximum Gasteiger partial charge on any atom is 0.410 e. The maximum atomic E-state index is 13.5. The van der Waals surface area contributed by atoms with E-state index in [1.54, 1.807) is 23.2 Å². The van der Waals surface area contributed by atoms with Gasteiger partial charge in [-0.3, -0.25) is 0 Å². The number of aromatic nitrogens is 2. The third kappa shape index (κ3) is 5.21. The van der Waals surface area contributed by atoms with E-state index >= 15 is 0 Å². The van der Waals surface area contributed by atoms with Gasteiger partial charge in [0, 0.05) is 36.5 Å². The minimum Gasteiger partial charge on any atom is -0.444 e. The van der Waals surface area contributed by atoms with E-state index in [4.69, 9.17) is 4.74 Å². The molecule has 168 valence electrons. The van der Waals surface area contributed by atoms with Crippen LogP contribution in [-0.4, -0.2) is 39.7 Å². The molecule has 0 atom stereocenters. The van der Waals surface area contributed by atoms with Crippen LogP contribution in [0.2, 0.25) is 0 Å². The molecule has 32 heavy (non-hydrogen) atoms. The molecule has 0 aliphatic carbocycles. The van der Waals surface area contributed by atoms with Gasteiger partial charge in [-0.1, -0.05) is 0 Å². The highest BCUT2D eigenvalue weighted by molar-refractivity contribution is 9.10. The van der Waals surface area contributed by atoms with Gasteiger partial charge >= 0.3 is 6.09 Å². The average Bonchev–Trinajstić information content (AvgIpc) is 3.19. The number of ether oxygens (including phenoxy) is 1. The summed E-state index contributed by atoms with van der Waals surface area (Å²) < 4.78 is 19.8. The molecule has 4 rings (SSSR count). The number of amides is 1. The van der Waals surface area contributed by atoms with Gasteiger partial charge in [0.25, 0.3) is 0 Å². The highest BCUT2D eigenvalue weighted by Gasteiger charge is 2.29. The first kappa shape index (κ1) is 22.5. The van der Waals surface area contributed by atoms with Crippen LogP contribution in [0, 0.1) is 5.82 Å². The van der Waals surface area contributed by atoms with Gasteiger partial charge < -0.3 is 14.6 Å². The lowest BCUT2D eigenvalue weighted by Gasteiger charge is -2.33. The summed E-state index contributed by atoms with van der Waals surface area (Å²) in [4.78, 5) is 22.0. The second-order valence-corrected chi connectivity index (χ2v) is 9.94. The van der Waals surface area contributed by atoms with Crippen LogP contribution in [0.4, 0.5) is 9.18 Å². The number of aromatic amines is 1. The number of benzene rings is 1. The monoisotopic (exact) mass is 499 g/mol. The van der Waals surface area contributed by atoms with Crippen molar-refractivity contribution in [3.8, 4) is 22.4 Å². The van der Waals surface area contributed by atoms with Crippen molar-refractivity contribution in [2.75, 3.05) is 13.1 Å². The average molecular weight is 500 g/mol. The van der Waals surface area contributed by atoms with Crippen LogP contribution in [0.25, 0.3) is 22.4 Å². The smallest absolute Gasteiger partial charge is 0.410 e. The third-order valence-electron chi connectivity index (χ3n) is 5.60. The van der Waals surface area contributed by atoms with E-state index in [1.165, 1.54) is 12.1 Å². The summed E-state index contributed by atoms with van der Waals surface area (Å²) in [7, 11) is 0. The summed E-state index contributed by atoms with van der Waals surface area (Å²) in [5.74, 6) is 0.0372. The zero-order valence-corrected chi connectivity index (χ0v) is 20.1. The molecule has 2 aromatic heterocycles. The number of nitrogens with zero attached hydrogens (tertiary/aromatic N) is 2. The molecule has 0 saturated carbocycles. The van der Waals surface area contributed by atoms with Gasteiger partial charge in [-0.2, -0.15) is 0 Å². The van der Waals surface area contributed by atoms with Crippen molar-refractivity contribution in [1.82, 2.24) is 14.9 Å². The lowest BCUT2D eigenvalue weighted by atomic mass is 9.93. The lowest BCUT2D eigenvalue weighted by Crippen LogP contribution is -2.41. The van der Waals surface area contributed by atoms with Gasteiger partial charge in [-0.25, -0.2) is 14.2 Å². The molecular formula is C25H27BrFN3O2. The van der Waals surface area contributed by atoms with E-state index in [1.807, 2.05) is 32.9 Å². The van der Waals surface area contributed by atoms with Gasteiger partial charge in [0.15, 0.2) is 0 Å². The van der Waals surface area contributed by atoms with Crippen LogP contribution < -0.4 is 0 Å². The largest absolute Gasteiger partial charge is 0.444 e. The van der Waals surface area contributed by atoms with E-state index in [9.17, 15) is 9.18 Å². The molecule has 5 nitrogen and oxygen atoms in total. The number of carbonyl (C=O) groups is 1. The summed E-state index contributed by atoms with van der Waals surface area (Å²) in [6.07, 6.45) is 3.21. The molecule has 1 amide bonds. The van der Waals surface area contributed by atoms with Gasteiger partial charge in [0.2, 0.25) is 0 Å². The SMILES string of the molecule is CC(C)(C)OC(=O)N1CCC(c2cc(-c3ccnc(Br)c3)c(-c3ccc(F)cc3)[nH]2)CC1. The predicted octanol–water partition coefficient (Wildman–Crippen LogP) is 6.76. The van der Waals surface area contributed by atoms with Crippen LogP contribution in [0.1, 0.15) is 45.2 Å². The van der Waals surface area contributed by atoms with Crippen molar-refractivity contribution < 1.29 is 13.9 Å². The van der Waals surface area contributed by atoms with Gasteiger partial charge in [-0.15, -0.1) is 0 Å². The number of hydrogen-bond donors (Lipinski definition) is 1. The maximum absolute atomic E-state index is 13.5. The van der Waals surface area contributed by atoms with Crippen LogP contribution in [0.3, 0.4) is 0 Å². The summed E-state index contributed by atoms with van der Waals surface area (Å²) >= 11 is 3.45. The van der Waals surface area contributed by atoms with Gasteiger partial charge in [0.05, 0.1) is 5.69 Å². The number of carbonyl (C=O) groups excluding carboxylic acids is 1. The molecule has 1 aliphatic rings. The third-order valence-corrected chi connectivity index (χ3v) is 6.03.